The zero-order chi connectivity index (χ0) is 18.3. The SMILES string of the molecule is COc1c2c(cc3c1[C@H](CC(=O)c1ccc(Br)cc1)N(C)CC3)OCO2. The van der Waals surface area contributed by atoms with Gasteiger partial charge in [-0.2, -0.15) is 0 Å². The maximum Gasteiger partial charge on any atom is 0.231 e. The van der Waals surface area contributed by atoms with E-state index in [4.69, 9.17) is 14.2 Å². The number of methoxy groups -OCH3 is 1. The average Bonchev–Trinajstić information content (AvgIpc) is 3.11. The van der Waals surface area contributed by atoms with Gasteiger partial charge in [-0.05, 0) is 37.2 Å². The highest BCUT2D eigenvalue weighted by atomic mass is 79.9. The molecule has 0 N–H and O–H groups in total. The van der Waals surface area contributed by atoms with Crippen LogP contribution in [0.5, 0.6) is 17.2 Å². The van der Waals surface area contributed by atoms with Crippen LogP contribution < -0.4 is 14.2 Å². The Bertz CT molecular complexity index is 850. The Morgan fingerprint density at radius 2 is 2.08 bits per heavy atom. The molecule has 0 fully saturated rings. The van der Waals surface area contributed by atoms with E-state index in [1.807, 2.05) is 37.4 Å². The second-order valence-electron chi connectivity index (χ2n) is 6.60. The van der Waals surface area contributed by atoms with Gasteiger partial charge in [0, 0.05) is 34.6 Å². The van der Waals surface area contributed by atoms with Crippen molar-refractivity contribution in [2.24, 2.45) is 0 Å². The van der Waals surface area contributed by atoms with Crippen molar-refractivity contribution >= 4 is 21.7 Å². The number of nitrogens with zero attached hydrogens (tertiary/aromatic N) is 1. The Hall–Kier alpha value is -2.05. The second-order valence-corrected chi connectivity index (χ2v) is 7.51. The molecule has 2 aliphatic heterocycles. The van der Waals surface area contributed by atoms with E-state index in [9.17, 15) is 4.79 Å². The summed E-state index contributed by atoms with van der Waals surface area (Å²) in [6, 6.07) is 9.47. The maximum atomic E-state index is 12.9. The number of fused-ring (bicyclic) bond motifs is 2. The highest BCUT2D eigenvalue weighted by molar-refractivity contribution is 9.10. The lowest BCUT2D eigenvalue weighted by atomic mass is 9.87. The number of ketones is 1. The maximum absolute atomic E-state index is 12.9. The Labute approximate surface area is 161 Å². The van der Waals surface area contributed by atoms with E-state index in [1.165, 1.54) is 0 Å². The van der Waals surface area contributed by atoms with E-state index in [0.717, 1.165) is 34.3 Å². The fourth-order valence-electron chi connectivity index (χ4n) is 3.71. The fourth-order valence-corrected chi connectivity index (χ4v) is 3.98. The molecule has 2 heterocycles. The van der Waals surface area contributed by atoms with Gasteiger partial charge in [0.2, 0.25) is 12.5 Å². The minimum absolute atomic E-state index is 0.0562. The molecule has 0 aliphatic carbocycles. The van der Waals surface area contributed by atoms with Crippen molar-refractivity contribution < 1.29 is 19.0 Å². The molecule has 136 valence electrons. The van der Waals surface area contributed by atoms with Crippen LogP contribution in [0, 0.1) is 0 Å². The number of benzene rings is 2. The molecule has 1 atom stereocenters. The first-order valence-corrected chi connectivity index (χ1v) is 9.36. The van der Waals surface area contributed by atoms with Gasteiger partial charge in [0.05, 0.1) is 7.11 Å². The van der Waals surface area contributed by atoms with Gasteiger partial charge in [0.25, 0.3) is 0 Å². The van der Waals surface area contributed by atoms with E-state index in [2.05, 4.69) is 20.8 Å². The molecule has 0 spiro atoms. The number of likely N-dealkylation sites (N-methyl/N-ethyl adjacent to an activating group) is 1. The first-order chi connectivity index (χ1) is 12.6. The fraction of sp³-hybridized carbons (Fsp3) is 0.350. The van der Waals surface area contributed by atoms with Crippen molar-refractivity contribution in [2.45, 2.75) is 18.9 Å². The van der Waals surface area contributed by atoms with Crippen LogP contribution in [0.4, 0.5) is 0 Å². The molecule has 0 unspecified atom stereocenters. The van der Waals surface area contributed by atoms with Crippen LogP contribution in [-0.4, -0.2) is 38.2 Å². The number of carbonyl (C=O) groups excluding carboxylic acids is 1. The third kappa shape index (κ3) is 2.97. The monoisotopic (exact) mass is 417 g/mol. The zero-order valence-electron chi connectivity index (χ0n) is 14.8. The van der Waals surface area contributed by atoms with Gasteiger partial charge in [0.15, 0.2) is 17.3 Å². The molecule has 0 radical (unpaired) electrons. The highest BCUT2D eigenvalue weighted by Crippen LogP contribution is 2.50. The first-order valence-electron chi connectivity index (χ1n) is 8.57. The molecule has 6 heteroatoms. The molecule has 0 aromatic heterocycles. The smallest absolute Gasteiger partial charge is 0.231 e. The third-order valence-electron chi connectivity index (χ3n) is 5.09. The third-order valence-corrected chi connectivity index (χ3v) is 5.62. The van der Waals surface area contributed by atoms with Crippen LogP contribution in [0.3, 0.4) is 0 Å². The lowest BCUT2D eigenvalue weighted by Crippen LogP contribution is -2.34. The van der Waals surface area contributed by atoms with E-state index in [1.54, 1.807) is 7.11 Å². The summed E-state index contributed by atoms with van der Waals surface area (Å²) >= 11 is 3.41. The number of rotatable bonds is 4. The normalized spacial score (nSPS) is 18.5. The largest absolute Gasteiger partial charge is 0.492 e. The molecule has 2 aliphatic rings. The molecule has 26 heavy (non-hydrogen) atoms. The van der Waals surface area contributed by atoms with E-state index in [0.29, 0.717) is 23.5 Å². The second kappa shape index (κ2) is 6.93. The van der Waals surface area contributed by atoms with Crippen molar-refractivity contribution in [1.29, 1.82) is 0 Å². The highest BCUT2D eigenvalue weighted by Gasteiger charge is 2.35. The lowest BCUT2D eigenvalue weighted by Gasteiger charge is -2.35. The average molecular weight is 418 g/mol. The van der Waals surface area contributed by atoms with Crippen LogP contribution in [0.15, 0.2) is 34.8 Å². The number of halogens is 1. The Balaban J connectivity index is 1.71. The topological polar surface area (TPSA) is 48.0 Å². The van der Waals surface area contributed by atoms with Gasteiger partial charge in [-0.15, -0.1) is 0 Å². The van der Waals surface area contributed by atoms with E-state index >= 15 is 0 Å². The van der Waals surface area contributed by atoms with Crippen molar-refractivity contribution in [3.63, 3.8) is 0 Å². The van der Waals surface area contributed by atoms with Crippen LogP contribution >= 0.6 is 15.9 Å². The molecule has 0 bridgehead atoms. The molecular weight excluding hydrogens is 398 g/mol. The summed E-state index contributed by atoms with van der Waals surface area (Å²) in [5, 5.41) is 0. The van der Waals surface area contributed by atoms with Gasteiger partial charge in [-0.3, -0.25) is 9.69 Å². The minimum atomic E-state index is -0.0562. The predicted molar refractivity (Wildman–Crippen MR) is 101 cm³/mol. The van der Waals surface area contributed by atoms with E-state index < -0.39 is 0 Å². The van der Waals surface area contributed by atoms with Crippen molar-refractivity contribution in [2.75, 3.05) is 27.5 Å². The van der Waals surface area contributed by atoms with Gasteiger partial charge in [-0.1, -0.05) is 28.1 Å². The summed E-state index contributed by atoms with van der Waals surface area (Å²) in [4.78, 5) is 15.1. The summed E-state index contributed by atoms with van der Waals surface area (Å²) in [7, 11) is 3.69. The van der Waals surface area contributed by atoms with Crippen LogP contribution in [0.25, 0.3) is 0 Å². The first kappa shape index (κ1) is 17.4. The molecule has 0 saturated heterocycles. The quantitative estimate of drug-likeness (QED) is 0.703. The lowest BCUT2D eigenvalue weighted by molar-refractivity contribution is 0.0925. The standard InChI is InChI=1S/C20H20BrNO4/c1-22-8-7-13-9-17-19(26-11-25-17)20(24-2)18(13)15(22)10-16(23)12-3-5-14(21)6-4-12/h3-6,9,15H,7-8,10-11H2,1-2H3/t15-/m0/s1. The zero-order valence-corrected chi connectivity index (χ0v) is 16.3. The summed E-state index contributed by atoms with van der Waals surface area (Å²) in [5.41, 5.74) is 2.92. The summed E-state index contributed by atoms with van der Waals surface area (Å²) in [5.74, 6) is 2.17. The molecule has 5 nitrogen and oxygen atoms in total. The molecule has 2 aromatic carbocycles. The van der Waals surface area contributed by atoms with Crippen molar-refractivity contribution in [3.8, 4) is 17.2 Å². The molecule has 0 saturated carbocycles. The van der Waals surface area contributed by atoms with Crippen molar-refractivity contribution in [1.82, 2.24) is 4.90 Å². The van der Waals surface area contributed by atoms with Gasteiger partial charge < -0.3 is 14.2 Å². The molecule has 2 aromatic rings. The number of hydrogen-bond donors (Lipinski definition) is 0. The number of hydrogen-bond acceptors (Lipinski definition) is 5. The van der Waals surface area contributed by atoms with Crippen LogP contribution in [-0.2, 0) is 6.42 Å². The van der Waals surface area contributed by atoms with Gasteiger partial charge in [0.1, 0.15) is 0 Å². The van der Waals surface area contributed by atoms with Crippen LogP contribution in [0.1, 0.15) is 33.9 Å². The summed E-state index contributed by atoms with van der Waals surface area (Å²) in [6.45, 7) is 1.08. The number of Topliss-reactive ketones (excluding diaryl/α,β-unsaturated/α-hetero) is 1. The summed E-state index contributed by atoms with van der Waals surface area (Å²) in [6.07, 6.45) is 1.28. The van der Waals surface area contributed by atoms with Gasteiger partial charge in [-0.25, -0.2) is 0 Å². The molecule has 4 rings (SSSR count). The Morgan fingerprint density at radius 1 is 1.31 bits per heavy atom. The Kier molecular flexibility index (Phi) is 4.63. The van der Waals surface area contributed by atoms with Gasteiger partial charge >= 0.3 is 0 Å². The Morgan fingerprint density at radius 3 is 2.81 bits per heavy atom. The van der Waals surface area contributed by atoms with E-state index in [-0.39, 0.29) is 18.6 Å². The van der Waals surface area contributed by atoms with Crippen molar-refractivity contribution in [3.05, 3.63) is 51.5 Å². The molecule has 0 amide bonds. The summed E-state index contributed by atoms with van der Waals surface area (Å²) < 4.78 is 17.8. The predicted octanol–water partition coefficient (Wildman–Crippen LogP) is 3.99. The van der Waals surface area contributed by atoms with Crippen LogP contribution in [0.2, 0.25) is 0 Å². The minimum Gasteiger partial charge on any atom is -0.492 e. The number of ether oxygens (including phenoxy) is 3. The molecular formula is C20H20BrNO4. The number of carbonyl (C=O) groups is 1.